The molecule has 13 heavy (non-hydrogen) atoms. The van der Waals surface area contributed by atoms with Gasteiger partial charge in [0.25, 0.3) is 0 Å². The highest BCUT2D eigenvalue weighted by atomic mass is 14.3. The Kier molecular flexibility index (Phi) is 3.23. The van der Waals surface area contributed by atoms with Gasteiger partial charge in [0, 0.05) is 5.92 Å². The van der Waals surface area contributed by atoms with Gasteiger partial charge < -0.3 is 0 Å². The standard InChI is InChI=1S/C13H19/c1-2-4-6-9-13-11-7-10-12(13)8-5-3-1/h1,3,5,8,13H,2,4,6-7,9-11H2/b3-1-,8-5+. The molecule has 71 valence electrons. The van der Waals surface area contributed by atoms with Gasteiger partial charge in [-0.25, -0.2) is 0 Å². The van der Waals surface area contributed by atoms with Crippen molar-refractivity contribution < 1.29 is 0 Å². The molecule has 1 unspecified atom stereocenters. The van der Waals surface area contributed by atoms with Gasteiger partial charge in [-0.2, -0.15) is 0 Å². The lowest BCUT2D eigenvalue weighted by Gasteiger charge is -2.15. The largest absolute Gasteiger partial charge is 0.0845 e. The van der Waals surface area contributed by atoms with Crippen molar-refractivity contribution >= 4 is 0 Å². The van der Waals surface area contributed by atoms with Crippen molar-refractivity contribution in [3.8, 4) is 0 Å². The second-order valence-corrected chi connectivity index (χ2v) is 4.24. The summed E-state index contributed by atoms with van der Waals surface area (Å²) in [5, 5.41) is 0. The Balaban J connectivity index is 2.00. The second-order valence-electron chi connectivity index (χ2n) is 4.24. The van der Waals surface area contributed by atoms with E-state index in [9.17, 15) is 0 Å². The minimum Gasteiger partial charge on any atom is -0.0845 e. The van der Waals surface area contributed by atoms with Crippen LogP contribution in [0.4, 0.5) is 0 Å². The molecule has 0 heterocycles. The maximum Gasteiger partial charge on any atom is 0.000676 e. The number of hydrogen-bond acceptors (Lipinski definition) is 0. The van der Waals surface area contributed by atoms with Crippen LogP contribution in [0.15, 0.2) is 24.3 Å². The van der Waals surface area contributed by atoms with Crippen LogP contribution in [-0.4, -0.2) is 0 Å². The van der Waals surface area contributed by atoms with Gasteiger partial charge >= 0.3 is 0 Å². The summed E-state index contributed by atoms with van der Waals surface area (Å²) in [5.41, 5.74) is 0. The fraction of sp³-hybridized carbons (Fsp3) is 0.615. The first-order valence-corrected chi connectivity index (χ1v) is 5.66. The van der Waals surface area contributed by atoms with E-state index in [1.807, 2.05) is 0 Å². The van der Waals surface area contributed by atoms with E-state index in [4.69, 9.17) is 0 Å². The minimum absolute atomic E-state index is 0.933. The van der Waals surface area contributed by atoms with Crippen molar-refractivity contribution in [2.75, 3.05) is 0 Å². The van der Waals surface area contributed by atoms with Gasteiger partial charge in [-0.15, -0.1) is 0 Å². The normalized spacial score (nSPS) is 35.2. The summed E-state index contributed by atoms with van der Waals surface area (Å²) < 4.78 is 0. The molecular formula is C13H19. The van der Waals surface area contributed by atoms with Gasteiger partial charge in [-0.3, -0.25) is 0 Å². The van der Waals surface area contributed by atoms with E-state index in [-0.39, 0.29) is 0 Å². The summed E-state index contributed by atoms with van der Waals surface area (Å²) in [6, 6.07) is 0. The van der Waals surface area contributed by atoms with Crippen LogP contribution in [0, 0.1) is 11.8 Å². The Morgan fingerprint density at radius 1 is 1.00 bits per heavy atom. The molecule has 0 saturated heterocycles. The van der Waals surface area contributed by atoms with Gasteiger partial charge in [0.05, 0.1) is 0 Å². The second kappa shape index (κ2) is 4.64. The molecule has 0 amide bonds. The Bertz CT molecular complexity index is 200. The molecule has 1 atom stereocenters. The summed E-state index contributed by atoms with van der Waals surface area (Å²) in [6.07, 6.45) is 18.9. The number of allylic oxidation sites excluding steroid dienone is 4. The number of rotatable bonds is 0. The first-order valence-electron chi connectivity index (χ1n) is 5.66. The van der Waals surface area contributed by atoms with Crippen molar-refractivity contribution in [3.05, 3.63) is 30.2 Å². The number of fused-ring (bicyclic) bond motifs is 1. The molecule has 1 radical (unpaired) electrons. The molecule has 0 aromatic heterocycles. The molecule has 0 aromatic carbocycles. The van der Waals surface area contributed by atoms with Gasteiger partial charge in [-0.1, -0.05) is 37.1 Å². The minimum atomic E-state index is 0.933. The van der Waals surface area contributed by atoms with Crippen molar-refractivity contribution in [2.45, 2.75) is 44.9 Å². The SMILES string of the molecule is C1=C\CCCCC2CCC[C]2/C=C/1. The topological polar surface area (TPSA) is 0 Å². The Morgan fingerprint density at radius 3 is 2.92 bits per heavy atom. The van der Waals surface area contributed by atoms with E-state index in [1.165, 1.54) is 44.9 Å². The molecule has 1 fully saturated rings. The van der Waals surface area contributed by atoms with E-state index in [2.05, 4.69) is 24.3 Å². The monoisotopic (exact) mass is 175 g/mol. The highest BCUT2D eigenvalue weighted by Crippen LogP contribution is 2.38. The molecule has 2 rings (SSSR count). The Morgan fingerprint density at radius 2 is 1.92 bits per heavy atom. The average molecular weight is 175 g/mol. The van der Waals surface area contributed by atoms with E-state index < -0.39 is 0 Å². The van der Waals surface area contributed by atoms with Crippen LogP contribution >= 0.6 is 0 Å². The lowest BCUT2D eigenvalue weighted by molar-refractivity contribution is 0.509. The molecule has 0 aromatic rings. The van der Waals surface area contributed by atoms with Crippen LogP contribution in [0.5, 0.6) is 0 Å². The van der Waals surface area contributed by atoms with Crippen molar-refractivity contribution in [3.63, 3.8) is 0 Å². The maximum absolute atomic E-state index is 2.36. The molecule has 0 aliphatic heterocycles. The predicted molar refractivity (Wildman–Crippen MR) is 57.3 cm³/mol. The zero-order chi connectivity index (χ0) is 8.93. The van der Waals surface area contributed by atoms with Crippen LogP contribution in [0.3, 0.4) is 0 Å². The summed E-state index contributed by atoms with van der Waals surface area (Å²) in [4.78, 5) is 0. The first-order chi connectivity index (χ1) is 6.47. The van der Waals surface area contributed by atoms with Crippen molar-refractivity contribution in [1.29, 1.82) is 0 Å². The lowest BCUT2D eigenvalue weighted by Crippen LogP contribution is -2.03. The Hall–Kier alpha value is -0.520. The Labute approximate surface area is 81.7 Å². The zero-order valence-corrected chi connectivity index (χ0v) is 8.34. The van der Waals surface area contributed by atoms with Gasteiger partial charge in [0.2, 0.25) is 0 Å². The van der Waals surface area contributed by atoms with E-state index >= 15 is 0 Å². The van der Waals surface area contributed by atoms with E-state index in [1.54, 1.807) is 5.92 Å². The summed E-state index contributed by atoms with van der Waals surface area (Å²) in [5.74, 6) is 2.65. The van der Waals surface area contributed by atoms with Crippen LogP contribution in [0.2, 0.25) is 0 Å². The van der Waals surface area contributed by atoms with Crippen LogP contribution in [0.25, 0.3) is 0 Å². The molecule has 2 aliphatic rings. The molecule has 0 heteroatoms. The van der Waals surface area contributed by atoms with Crippen molar-refractivity contribution in [1.82, 2.24) is 0 Å². The van der Waals surface area contributed by atoms with Crippen molar-refractivity contribution in [2.24, 2.45) is 5.92 Å². The average Bonchev–Trinajstić information content (AvgIpc) is 2.59. The quantitative estimate of drug-likeness (QED) is 0.521. The molecule has 0 spiro atoms. The van der Waals surface area contributed by atoms with Crippen LogP contribution < -0.4 is 0 Å². The highest BCUT2D eigenvalue weighted by Gasteiger charge is 2.24. The third-order valence-corrected chi connectivity index (χ3v) is 3.27. The summed E-state index contributed by atoms with van der Waals surface area (Å²) >= 11 is 0. The molecule has 2 aliphatic carbocycles. The number of hydrogen-bond donors (Lipinski definition) is 0. The van der Waals surface area contributed by atoms with Crippen LogP contribution in [-0.2, 0) is 0 Å². The lowest BCUT2D eigenvalue weighted by atomic mass is 9.90. The third-order valence-electron chi connectivity index (χ3n) is 3.27. The molecule has 0 N–H and O–H groups in total. The molecule has 1 saturated carbocycles. The molecule has 0 bridgehead atoms. The summed E-state index contributed by atoms with van der Waals surface area (Å²) in [7, 11) is 0. The fourth-order valence-electron chi connectivity index (χ4n) is 2.50. The van der Waals surface area contributed by atoms with Gasteiger partial charge in [0.1, 0.15) is 0 Å². The van der Waals surface area contributed by atoms with Gasteiger partial charge in [0.15, 0.2) is 0 Å². The predicted octanol–water partition coefficient (Wildman–Crippen LogP) is 4.05. The highest BCUT2D eigenvalue weighted by molar-refractivity contribution is 5.20. The summed E-state index contributed by atoms with van der Waals surface area (Å²) in [6.45, 7) is 0. The first kappa shape index (κ1) is 9.05. The molecular weight excluding hydrogens is 156 g/mol. The van der Waals surface area contributed by atoms with Crippen LogP contribution in [0.1, 0.15) is 44.9 Å². The smallest absolute Gasteiger partial charge is 0.000676 e. The van der Waals surface area contributed by atoms with E-state index in [0.29, 0.717) is 0 Å². The fourth-order valence-corrected chi connectivity index (χ4v) is 2.50. The zero-order valence-electron chi connectivity index (χ0n) is 8.34. The third kappa shape index (κ3) is 2.46. The maximum atomic E-state index is 2.36. The van der Waals surface area contributed by atoms with Gasteiger partial charge in [-0.05, 0) is 38.0 Å². The van der Waals surface area contributed by atoms with E-state index in [0.717, 1.165) is 5.92 Å². The molecule has 0 nitrogen and oxygen atoms in total.